The van der Waals surface area contributed by atoms with E-state index in [4.69, 9.17) is 4.74 Å². The number of nitrogens with zero attached hydrogens (tertiary/aromatic N) is 2. The molecule has 0 N–H and O–H groups in total. The highest BCUT2D eigenvalue weighted by molar-refractivity contribution is 7.91. The summed E-state index contributed by atoms with van der Waals surface area (Å²) in [5.74, 6) is -0.00312. The highest BCUT2D eigenvalue weighted by Gasteiger charge is 2.25. The van der Waals surface area contributed by atoms with Crippen LogP contribution in [0.25, 0.3) is 10.2 Å². The van der Waals surface area contributed by atoms with Crippen LogP contribution in [-0.2, 0) is 14.6 Å². The number of hydrogen-bond acceptors (Lipinski definition) is 6. The molecule has 0 bridgehead atoms. The molecular formula is C23H26N2O4S2. The van der Waals surface area contributed by atoms with E-state index in [1.807, 2.05) is 30.0 Å². The largest absolute Gasteiger partial charge is 0.467 e. The Hall–Kier alpha value is -2.45. The molecule has 0 saturated carbocycles. The molecule has 164 valence electrons. The van der Waals surface area contributed by atoms with E-state index in [1.54, 1.807) is 41.7 Å². The number of likely N-dealkylation sites (tertiary alicyclic amines) is 1. The average molecular weight is 459 g/mol. The standard InChI is InChI=1S/C23H26N2O4S2/c1-17-7-5-10-20-22(17)24-23(30-20)29-18-12-14-25(15-13-18)21(26)11-6-16-31(27,28)19-8-3-2-4-9-19/h2-5,7-10,18H,6,11-16H2,1H3. The summed E-state index contributed by atoms with van der Waals surface area (Å²) in [7, 11) is -3.34. The molecule has 6 nitrogen and oxygen atoms in total. The molecule has 0 aliphatic carbocycles. The Kier molecular flexibility index (Phi) is 6.57. The number of carbonyl (C=O) groups excluding carboxylic acids is 1. The Morgan fingerprint density at radius 1 is 1.13 bits per heavy atom. The van der Waals surface area contributed by atoms with Gasteiger partial charge in [-0.2, -0.15) is 0 Å². The summed E-state index contributed by atoms with van der Waals surface area (Å²) in [6.07, 6.45) is 2.13. The monoisotopic (exact) mass is 458 g/mol. The highest BCUT2D eigenvalue weighted by Crippen LogP contribution is 2.31. The van der Waals surface area contributed by atoms with Gasteiger partial charge in [0, 0.05) is 32.4 Å². The lowest BCUT2D eigenvalue weighted by Crippen LogP contribution is -2.41. The van der Waals surface area contributed by atoms with Gasteiger partial charge in [0.2, 0.25) is 5.91 Å². The Morgan fingerprint density at radius 2 is 1.87 bits per heavy atom. The minimum Gasteiger partial charge on any atom is -0.467 e. The third kappa shape index (κ3) is 5.25. The van der Waals surface area contributed by atoms with Crippen molar-refractivity contribution in [1.29, 1.82) is 0 Å². The number of fused-ring (bicyclic) bond motifs is 1. The fourth-order valence-electron chi connectivity index (χ4n) is 3.80. The smallest absolute Gasteiger partial charge is 0.274 e. The summed E-state index contributed by atoms with van der Waals surface area (Å²) in [5, 5.41) is 0.681. The number of benzene rings is 2. The maximum absolute atomic E-state index is 12.5. The maximum Gasteiger partial charge on any atom is 0.274 e. The molecule has 0 spiro atoms. The molecule has 31 heavy (non-hydrogen) atoms. The normalized spacial score (nSPS) is 15.3. The molecule has 1 aromatic heterocycles. The van der Waals surface area contributed by atoms with E-state index in [0.717, 1.165) is 28.6 Å². The molecule has 1 fully saturated rings. The van der Waals surface area contributed by atoms with E-state index in [-0.39, 0.29) is 24.2 Å². The van der Waals surface area contributed by atoms with Gasteiger partial charge in [-0.25, -0.2) is 13.4 Å². The number of aryl methyl sites for hydroxylation is 1. The van der Waals surface area contributed by atoms with Crippen LogP contribution >= 0.6 is 11.3 Å². The first-order valence-corrected chi connectivity index (χ1v) is 13.0. The number of hydrogen-bond donors (Lipinski definition) is 0. The topological polar surface area (TPSA) is 76.6 Å². The van der Waals surface area contributed by atoms with Crippen molar-refractivity contribution in [2.75, 3.05) is 18.8 Å². The lowest BCUT2D eigenvalue weighted by Gasteiger charge is -2.31. The van der Waals surface area contributed by atoms with Gasteiger partial charge in [0.15, 0.2) is 9.84 Å². The van der Waals surface area contributed by atoms with E-state index in [0.29, 0.717) is 29.6 Å². The van der Waals surface area contributed by atoms with Gasteiger partial charge in [-0.15, -0.1) is 0 Å². The molecule has 1 aliphatic heterocycles. The predicted octanol–water partition coefficient (Wildman–Crippen LogP) is 4.23. The zero-order chi connectivity index (χ0) is 21.8. The van der Waals surface area contributed by atoms with Gasteiger partial charge in [-0.1, -0.05) is 41.7 Å². The lowest BCUT2D eigenvalue weighted by atomic mass is 10.1. The maximum atomic E-state index is 12.5. The van der Waals surface area contributed by atoms with Gasteiger partial charge >= 0.3 is 0 Å². The first-order chi connectivity index (χ1) is 14.9. The number of para-hydroxylation sites is 1. The molecule has 8 heteroatoms. The molecule has 1 aliphatic rings. The van der Waals surface area contributed by atoms with E-state index < -0.39 is 9.84 Å². The summed E-state index contributed by atoms with van der Waals surface area (Å²) >= 11 is 1.55. The van der Waals surface area contributed by atoms with Crippen LogP contribution in [0.5, 0.6) is 5.19 Å². The minimum absolute atomic E-state index is 0.0114. The van der Waals surface area contributed by atoms with Crippen LogP contribution in [0.2, 0.25) is 0 Å². The number of aromatic nitrogens is 1. The average Bonchev–Trinajstić information content (AvgIpc) is 3.18. The molecule has 2 heterocycles. The first kappa shape index (κ1) is 21.8. The van der Waals surface area contributed by atoms with Crippen molar-refractivity contribution in [2.45, 2.75) is 43.6 Å². The summed E-state index contributed by atoms with van der Waals surface area (Å²) in [5.41, 5.74) is 2.12. The van der Waals surface area contributed by atoms with Crippen LogP contribution in [-0.4, -0.2) is 49.2 Å². The van der Waals surface area contributed by atoms with Gasteiger partial charge in [0.1, 0.15) is 6.10 Å². The second-order valence-electron chi connectivity index (χ2n) is 7.83. The van der Waals surface area contributed by atoms with Crippen molar-refractivity contribution in [2.24, 2.45) is 0 Å². The van der Waals surface area contributed by atoms with Crippen LogP contribution in [0.4, 0.5) is 0 Å². The zero-order valence-corrected chi connectivity index (χ0v) is 19.1. The lowest BCUT2D eigenvalue weighted by molar-refractivity contribution is -0.133. The Bertz CT molecular complexity index is 1150. The van der Waals surface area contributed by atoms with E-state index in [2.05, 4.69) is 4.98 Å². The van der Waals surface area contributed by atoms with Crippen LogP contribution in [0.15, 0.2) is 53.4 Å². The molecule has 1 amide bonds. The van der Waals surface area contributed by atoms with Crippen molar-refractivity contribution in [3.8, 4) is 5.19 Å². The molecule has 1 saturated heterocycles. The molecular weight excluding hydrogens is 432 g/mol. The fraction of sp³-hybridized carbons (Fsp3) is 0.391. The van der Waals surface area contributed by atoms with Gasteiger partial charge in [-0.3, -0.25) is 4.79 Å². The number of carbonyl (C=O) groups is 1. The number of ether oxygens (including phenoxy) is 1. The Morgan fingerprint density at radius 3 is 2.58 bits per heavy atom. The molecule has 3 aromatic rings. The van der Waals surface area contributed by atoms with E-state index in [1.165, 1.54) is 0 Å². The van der Waals surface area contributed by atoms with Crippen LogP contribution in [0.3, 0.4) is 0 Å². The zero-order valence-electron chi connectivity index (χ0n) is 17.5. The van der Waals surface area contributed by atoms with Crippen LogP contribution < -0.4 is 4.74 Å². The summed E-state index contributed by atoms with van der Waals surface area (Å²) in [6.45, 7) is 3.29. The minimum atomic E-state index is -3.34. The number of thiazole rings is 1. The Balaban J connectivity index is 1.23. The molecule has 4 rings (SSSR count). The second-order valence-corrected chi connectivity index (χ2v) is 10.9. The summed E-state index contributed by atoms with van der Waals surface area (Å²) in [6, 6.07) is 14.5. The third-order valence-corrected chi connectivity index (χ3v) is 8.30. The van der Waals surface area contributed by atoms with Crippen LogP contribution in [0, 0.1) is 6.92 Å². The quantitative estimate of drug-likeness (QED) is 0.530. The first-order valence-electron chi connectivity index (χ1n) is 10.5. The van der Waals surface area contributed by atoms with Crippen molar-refractivity contribution in [3.05, 3.63) is 54.1 Å². The van der Waals surface area contributed by atoms with Crippen molar-refractivity contribution in [3.63, 3.8) is 0 Å². The molecule has 0 atom stereocenters. The van der Waals surface area contributed by atoms with Crippen molar-refractivity contribution >= 4 is 37.3 Å². The Labute approximate surface area is 186 Å². The molecule has 0 radical (unpaired) electrons. The van der Waals surface area contributed by atoms with E-state index in [9.17, 15) is 13.2 Å². The fourth-order valence-corrected chi connectivity index (χ4v) is 6.09. The highest BCUT2D eigenvalue weighted by atomic mass is 32.2. The number of rotatable bonds is 7. The second kappa shape index (κ2) is 9.36. The van der Waals surface area contributed by atoms with Gasteiger partial charge in [-0.05, 0) is 37.1 Å². The number of amides is 1. The predicted molar refractivity (Wildman–Crippen MR) is 122 cm³/mol. The molecule has 2 aromatic carbocycles. The van der Waals surface area contributed by atoms with Crippen molar-refractivity contribution in [1.82, 2.24) is 9.88 Å². The SMILES string of the molecule is Cc1cccc2sc(OC3CCN(C(=O)CCCS(=O)(=O)c4ccccc4)CC3)nc12. The van der Waals surface area contributed by atoms with E-state index >= 15 is 0 Å². The number of piperidine rings is 1. The van der Waals surface area contributed by atoms with Crippen molar-refractivity contribution < 1.29 is 17.9 Å². The number of sulfone groups is 1. The third-order valence-electron chi connectivity index (χ3n) is 5.57. The van der Waals surface area contributed by atoms with Gasteiger partial charge in [0.05, 0.1) is 20.9 Å². The van der Waals surface area contributed by atoms with Gasteiger partial charge < -0.3 is 9.64 Å². The summed E-state index contributed by atoms with van der Waals surface area (Å²) < 4.78 is 31.9. The summed E-state index contributed by atoms with van der Waals surface area (Å²) in [4.78, 5) is 19.3. The van der Waals surface area contributed by atoms with Crippen LogP contribution in [0.1, 0.15) is 31.2 Å². The molecule has 0 unspecified atom stereocenters. The van der Waals surface area contributed by atoms with Gasteiger partial charge in [0.25, 0.3) is 5.19 Å².